The van der Waals surface area contributed by atoms with Crippen LogP contribution in [0.3, 0.4) is 0 Å². The Kier molecular flexibility index (Phi) is 13.8. The summed E-state index contributed by atoms with van der Waals surface area (Å²) in [5, 5.41) is 0. The van der Waals surface area contributed by atoms with Gasteiger partial charge in [0.1, 0.15) is 0 Å². The predicted molar refractivity (Wildman–Crippen MR) is 126 cm³/mol. The van der Waals surface area contributed by atoms with E-state index in [2.05, 4.69) is 69.5 Å². The first-order valence-corrected chi connectivity index (χ1v) is 11.8. The number of benzene rings is 1. The molecule has 0 radical (unpaired) electrons. The highest BCUT2D eigenvalue weighted by Gasteiger charge is 2.35. The van der Waals surface area contributed by atoms with E-state index in [1.54, 1.807) is 0 Å². The van der Waals surface area contributed by atoms with Crippen molar-refractivity contribution < 1.29 is 9.47 Å². The molecule has 0 saturated carbocycles. The molecule has 0 spiro atoms. The molecule has 0 aromatic heterocycles. The molecular weight excluding hydrogens is 358 g/mol. The Morgan fingerprint density at radius 1 is 0.897 bits per heavy atom. The number of para-hydroxylation sites is 1. The topological polar surface area (TPSA) is 21.7 Å². The first-order chi connectivity index (χ1) is 14.1. The van der Waals surface area contributed by atoms with Crippen LogP contribution in [0.4, 0.5) is 5.69 Å². The van der Waals surface area contributed by atoms with Gasteiger partial charge in [0.25, 0.3) is 0 Å². The minimum absolute atomic E-state index is 0.413. The van der Waals surface area contributed by atoms with Gasteiger partial charge >= 0.3 is 0 Å². The van der Waals surface area contributed by atoms with Crippen LogP contribution in [0.15, 0.2) is 43.1 Å². The SMILES string of the molecule is C=CN(CCCC(CCCCCCCC)C(C)(OCC)OCC)c1ccccc1. The summed E-state index contributed by atoms with van der Waals surface area (Å²) in [5.74, 6) is -0.0745. The maximum Gasteiger partial charge on any atom is 0.168 e. The van der Waals surface area contributed by atoms with E-state index in [1.807, 2.05) is 6.20 Å². The summed E-state index contributed by atoms with van der Waals surface area (Å²) in [4.78, 5) is 2.24. The van der Waals surface area contributed by atoms with Crippen molar-refractivity contribution in [2.45, 2.75) is 91.3 Å². The second kappa shape index (κ2) is 15.5. The molecule has 0 aliphatic rings. The molecule has 1 rings (SSSR count). The third-order valence-electron chi connectivity index (χ3n) is 5.77. The van der Waals surface area contributed by atoms with E-state index in [0.717, 1.165) is 19.4 Å². The summed E-state index contributed by atoms with van der Waals surface area (Å²) in [6.45, 7) is 14.9. The van der Waals surface area contributed by atoms with Crippen molar-refractivity contribution >= 4 is 5.69 Å². The minimum Gasteiger partial charge on any atom is -0.350 e. The van der Waals surface area contributed by atoms with Gasteiger partial charge in [0.2, 0.25) is 0 Å². The number of unbranched alkanes of at least 4 members (excludes halogenated alkanes) is 5. The van der Waals surface area contributed by atoms with Gasteiger partial charge in [0.05, 0.1) is 0 Å². The number of ether oxygens (including phenoxy) is 2. The molecule has 0 heterocycles. The number of anilines is 1. The lowest BCUT2D eigenvalue weighted by atomic mass is 9.88. The molecule has 0 N–H and O–H groups in total. The molecule has 166 valence electrons. The molecule has 0 aliphatic heterocycles. The van der Waals surface area contributed by atoms with Gasteiger partial charge in [-0.15, -0.1) is 0 Å². The Bertz CT molecular complexity index is 511. The van der Waals surface area contributed by atoms with Crippen LogP contribution in [0.5, 0.6) is 0 Å². The molecule has 1 unspecified atom stereocenters. The highest BCUT2D eigenvalue weighted by Crippen LogP contribution is 2.32. The summed E-state index contributed by atoms with van der Waals surface area (Å²) in [6, 6.07) is 10.5. The highest BCUT2D eigenvalue weighted by molar-refractivity contribution is 5.48. The Morgan fingerprint density at radius 3 is 2.07 bits per heavy atom. The summed E-state index contributed by atoms with van der Waals surface area (Å²) >= 11 is 0. The average Bonchev–Trinajstić information content (AvgIpc) is 2.73. The maximum absolute atomic E-state index is 6.14. The monoisotopic (exact) mass is 403 g/mol. The van der Waals surface area contributed by atoms with Gasteiger partial charge in [-0.3, -0.25) is 0 Å². The average molecular weight is 404 g/mol. The van der Waals surface area contributed by atoms with Crippen LogP contribution in [0.1, 0.15) is 85.5 Å². The number of nitrogens with zero attached hydrogens (tertiary/aromatic N) is 1. The van der Waals surface area contributed by atoms with Gasteiger partial charge in [-0.1, -0.05) is 70.2 Å². The lowest BCUT2D eigenvalue weighted by molar-refractivity contribution is -0.254. The van der Waals surface area contributed by atoms with E-state index in [0.29, 0.717) is 19.1 Å². The van der Waals surface area contributed by atoms with Crippen LogP contribution < -0.4 is 4.90 Å². The molecule has 29 heavy (non-hydrogen) atoms. The van der Waals surface area contributed by atoms with Crippen molar-refractivity contribution in [3.8, 4) is 0 Å². The zero-order valence-corrected chi connectivity index (χ0v) is 19.5. The van der Waals surface area contributed by atoms with E-state index in [1.165, 1.54) is 50.6 Å². The Labute approximate surface area is 180 Å². The van der Waals surface area contributed by atoms with Crippen molar-refractivity contribution in [3.63, 3.8) is 0 Å². The van der Waals surface area contributed by atoms with Crippen molar-refractivity contribution in [1.29, 1.82) is 0 Å². The molecule has 0 bridgehead atoms. The first-order valence-electron chi connectivity index (χ1n) is 11.8. The second-order valence-electron chi connectivity index (χ2n) is 7.99. The van der Waals surface area contributed by atoms with Gasteiger partial charge in [-0.05, 0) is 58.4 Å². The lowest BCUT2D eigenvalue weighted by Crippen LogP contribution is -2.41. The van der Waals surface area contributed by atoms with E-state index >= 15 is 0 Å². The smallest absolute Gasteiger partial charge is 0.168 e. The Morgan fingerprint density at radius 2 is 1.48 bits per heavy atom. The van der Waals surface area contributed by atoms with Crippen LogP contribution in [0.2, 0.25) is 0 Å². The number of hydrogen-bond acceptors (Lipinski definition) is 3. The summed E-state index contributed by atoms with van der Waals surface area (Å²) in [5.41, 5.74) is 1.20. The second-order valence-corrected chi connectivity index (χ2v) is 7.99. The predicted octanol–water partition coefficient (Wildman–Crippen LogP) is 7.57. The van der Waals surface area contributed by atoms with Crippen molar-refractivity contribution in [3.05, 3.63) is 43.1 Å². The molecule has 0 fully saturated rings. The normalized spacial score (nSPS) is 12.7. The van der Waals surface area contributed by atoms with E-state index in [-0.39, 0.29) is 0 Å². The largest absolute Gasteiger partial charge is 0.350 e. The third kappa shape index (κ3) is 9.82. The molecule has 0 saturated heterocycles. The van der Waals surface area contributed by atoms with E-state index in [4.69, 9.17) is 9.47 Å². The lowest BCUT2D eigenvalue weighted by Gasteiger charge is -2.37. The summed E-state index contributed by atoms with van der Waals surface area (Å²) in [6.07, 6.45) is 13.2. The van der Waals surface area contributed by atoms with Gasteiger partial charge in [0, 0.05) is 31.4 Å². The van der Waals surface area contributed by atoms with Crippen molar-refractivity contribution in [2.75, 3.05) is 24.7 Å². The van der Waals surface area contributed by atoms with Crippen molar-refractivity contribution in [1.82, 2.24) is 0 Å². The number of hydrogen-bond donors (Lipinski definition) is 0. The fourth-order valence-corrected chi connectivity index (χ4v) is 4.14. The van der Waals surface area contributed by atoms with E-state index in [9.17, 15) is 0 Å². The van der Waals surface area contributed by atoms with Crippen LogP contribution in [-0.2, 0) is 9.47 Å². The highest BCUT2D eigenvalue weighted by atomic mass is 16.7. The Balaban J connectivity index is 2.65. The molecule has 0 amide bonds. The quantitative estimate of drug-likeness (QED) is 0.186. The van der Waals surface area contributed by atoms with Gasteiger partial charge in [0.15, 0.2) is 5.79 Å². The molecule has 1 aromatic rings. The fourth-order valence-electron chi connectivity index (χ4n) is 4.14. The van der Waals surface area contributed by atoms with Crippen LogP contribution in [0.25, 0.3) is 0 Å². The van der Waals surface area contributed by atoms with Crippen LogP contribution in [0, 0.1) is 5.92 Å². The molecule has 3 heteroatoms. The molecule has 1 atom stereocenters. The summed E-state index contributed by atoms with van der Waals surface area (Å²) in [7, 11) is 0. The van der Waals surface area contributed by atoms with Gasteiger partial charge in [-0.25, -0.2) is 0 Å². The molecule has 1 aromatic carbocycles. The number of rotatable bonds is 18. The van der Waals surface area contributed by atoms with Gasteiger partial charge < -0.3 is 14.4 Å². The first kappa shape index (κ1) is 25.7. The maximum atomic E-state index is 6.14. The third-order valence-corrected chi connectivity index (χ3v) is 5.77. The van der Waals surface area contributed by atoms with Crippen LogP contribution in [-0.4, -0.2) is 25.5 Å². The standard InChI is InChI=1S/C26H45NO2/c1-6-10-11-12-13-15-19-24(26(5,28-8-3)29-9-4)20-18-23-27(7-2)25-21-16-14-17-22-25/h7,14,16-17,21-22,24H,2,6,8-13,15,18-20,23H2,1,3-5H3. The molecular formula is C26H45NO2. The zero-order chi connectivity index (χ0) is 21.4. The fraction of sp³-hybridized carbons (Fsp3) is 0.692. The van der Waals surface area contributed by atoms with Crippen molar-refractivity contribution in [2.24, 2.45) is 5.92 Å². The summed E-state index contributed by atoms with van der Waals surface area (Å²) < 4.78 is 12.3. The zero-order valence-electron chi connectivity index (χ0n) is 19.5. The van der Waals surface area contributed by atoms with Gasteiger partial charge in [-0.2, -0.15) is 0 Å². The molecule has 0 aliphatic carbocycles. The van der Waals surface area contributed by atoms with E-state index < -0.39 is 5.79 Å². The van der Waals surface area contributed by atoms with Crippen LogP contribution >= 0.6 is 0 Å². The molecule has 3 nitrogen and oxygen atoms in total. The Hall–Kier alpha value is -1.32. The minimum atomic E-state index is -0.487.